The minimum atomic E-state index is -0.305. The SMILES string of the molecule is NC(=O)C1CCN(C(=O)c2ccccc2NC(=O)CCCc2ccccc2)CC1. The van der Waals surface area contributed by atoms with Gasteiger partial charge in [0.2, 0.25) is 11.8 Å². The number of aryl methyl sites for hydroxylation is 1. The summed E-state index contributed by atoms with van der Waals surface area (Å²) in [6, 6.07) is 17.1. The lowest BCUT2D eigenvalue weighted by molar-refractivity contribution is -0.123. The standard InChI is InChI=1S/C23H27N3O3/c24-22(28)18-13-15-26(16-14-18)23(29)19-10-4-5-11-20(19)25-21(27)12-6-9-17-7-2-1-3-8-17/h1-5,7-8,10-11,18H,6,9,12-16H2,(H2,24,28)(H,25,27). The Morgan fingerprint density at radius 3 is 2.31 bits per heavy atom. The first-order valence-electron chi connectivity index (χ1n) is 10.1. The fourth-order valence-corrected chi connectivity index (χ4v) is 3.63. The molecule has 0 radical (unpaired) electrons. The molecule has 1 fully saturated rings. The summed E-state index contributed by atoms with van der Waals surface area (Å²) in [7, 11) is 0. The van der Waals surface area contributed by atoms with E-state index in [2.05, 4.69) is 5.32 Å². The van der Waals surface area contributed by atoms with Gasteiger partial charge in [-0.05, 0) is 43.4 Å². The van der Waals surface area contributed by atoms with Gasteiger partial charge in [-0.3, -0.25) is 14.4 Å². The van der Waals surface area contributed by atoms with Crippen molar-refractivity contribution >= 4 is 23.4 Å². The largest absolute Gasteiger partial charge is 0.369 e. The van der Waals surface area contributed by atoms with Crippen LogP contribution in [0.25, 0.3) is 0 Å². The van der Waals surface area contributed by atoms with Crippen molar-refractivity contribution < 1.29 is 14.4 Å². The molecule has 0 atom stereocenters. The summed E-state index contributed by atoms with van der Waals surface area (Å²) in [5.74, 6) is -0.708. The summed E-state index contributed by atoms with van der Waals surface area (Å²) in [6.45, 7) is 0.984. The number of nitrogens with zero attached hydrogens (tertiary/aromatic N) is 1. The Morgan fingerprint density at radius 1 is 0.966 bits per heavy atom. The molecule has 1 aliphatic rings. The molecule has 1 aliphatic heterocycles. The first kappa shape index (κ1) is 20.6. The average molecular weight is 393 g/mol. The van der Waals surface area contributed by atoms with E-state index in [4.69, 9.17) is 5.73 Å². The van der Waals surface area contributed by atoms with E-state index in [1.807, 2.05) is 30.3 Å². The number of amides is 3. The van der Waals surface area contributed by atoms with E-state index in [1.165, 1.54) is 5.56 Å². The highest BCUT2D eigenvalue weighted by atomic mass is 16.2. The van der Waals surface area contributed by atoms with Crippen molar-refractivity contribution in [3.05, 3.63) is 65.7 Å². The number of piperidine rings is 1. The lowest BCUT2D eigenvalue weighted by Crippen LogP contribution is -2.42. The van der Waals surface area contributed by atoms with Crippen LogP contribution >= 0.6 is 0 Å². The van der Waals surface area contributed by atoms with Crippen molar-refractivity contribution in [2.75, 3.05) is 18.4 Å². The second kappa shape index (κ2) is 9.87. The van der Waals surface area contributed by atoms with Crippen LogP contribution < -0.4 is 11.1 Å². The number of carbonyl (C=O) groups excluding carboxylic acids is 3. The van der Waals surface area contributed by atoms with Gasteiger partial charge in [0.25, 0.3) is 5.91 Å². The number of nitrogens with two attached hydrogens (primary N) is 1. The third kappa shape index (κ3) is 5.67. The molecule has 6 nitrogen and oxygen atoms in total. The lowest BCUT2D eigenvalue weighted by Gasteiger charge is -2.31. The molecule has 1 heterocycles. The highest BCUT2D eigenvalue weighted by Crippen LogP contribution is 2.22. The van der Waals surface area contributed by atoms with Crippen LogP contribution in [0, 0.1) is 5.92 Å². The van der Waals surface area contributed by atoms with Crippen LogP contribution in [0.1, 0.15) is 41.6 Å². The number of benzene rings is 2. The van der Waals surface area contributed by atoms with Gasteiger partial charge in [-0.25, -0.2) is 0 Å². The normalized spacial score (nSPS) is 14.4. The Morgan fingerprint density at radius 2 is 1.62 bits per heavy atom. The molecule has 152 valence electrons. The molecular weight excluding hydrogens is 366 g/mol. The summed E-state index contributed by atoms with van der Waals surface area (Å²) in [5, 5.41) is 2.88. The molecule has 2 aromatic rings. The number of primary amides is 1. The van der Waals surface area contributed by atoms with Crippen LogP contribution in [0.4, 0.5) is 5.69 Å². The first-order valence-corrected chi connectivity index (χ1v) is 10.1. The fourth-order valence-electron chi connectivity index (χ4n) is 3.63. The molecular formula is C23H27N3O3. The van der Waals surface area contributed by atoms with Crippen LogP contribution in [0.15, 0.2) is 54.6 Å². The summed E-state index contributed by atoms with van der Waals surface area (Å²) in [6.07, 6.45) is 3.13. The Bertz CT molecular complexity index is 859. The van der Waals surface area contributed by atoms with Crippen LogP contribution in [0.2, 0.25) is 0 Å². The maximum Gasteiger partial charge on any atom is 0.255 e. The Kier molecular flexibility index (Phi) is 7.00. The first-order chi connectivity index (χ1) is 14.0. The topological polar surface area (TPSA) is 92.5 Å². The highest BCUT2D eigenvalue weighted by molar-refractivity contribution is 6.03. The molecule has 0 spiro atoms. The van der Waals surface area contributed by atoms with E-state index in [1.54, 1.807) is 29.2 Å². The van der Waals surface area contributed by atoms with Gasteiger partial charge < -0.3 is 16.0 Å². The molecule has 6 heteroatoms. The Labute approximate surface area is 171 Å². The van der Waals surface area contributed by atoms with Gasteiger partial charge in [0.1, 0.15) is 0 Å². The van der Waals surface area contributed by atoms with Gasteiger partial charge in [-0.2, -0.15) is 0 Å². The van der Waals surface area contributed by atoms with E-state index < -0.39 is 0 Å². The molecule has 0 saturated carbocycles. The summed E-state index contributed by atoms with van der Waals surface area (Å²) in [5.41, 5.74) is 7.57. The predicted molar refractivity (Wildman–Crippen MR) is 112 cm³/mol. The molecule has 2 aromatic carbocycles. The summed E-state index contributed by atoms with van der Waals surface area (Å²) >= 11 is 0. The maximum absolute atomic E-state index is 12.9. The number of hydrogen-bond donors (Lipinski definition) is 2. The van der Waals surface area contributed by atoms with Gasteiger partial charge >= 0.3 is 0 Å². The van der Waals surface area contributed by atoms with Gasteiger partial charge in [0.15, 0.2) is 0 Å². The summed E-state index contributed by atoms with van der Waals surface area (Å²) in [4.78, 5) is 38.4. The molecule has 3 N–H and O–H groups in total. The lowest BCUT2D eigenvalue weighted by atomic mass is 9.95. The zero-order valence-electron chi connectivity index (χ0n) is 16.5. The second-order valence-electron chi connectivity index (χ2n) is 7.40. The number of para-hydroxylation sites is 1. The third-order valence-corrected chi connectivity index (χ3v) is 5.33. The number of carbonyl (C=O) groups is 3. The van der Waals surface area contributed by atoms with Crippen LogP contribution in [0.5, 0.6) is 0 Å². The number of hydrogen-bond acceptors (Lipinski definition) is 3. The van der Waals surface area contributed by atoms with E-state index in [0.29, 0.717) is 43.6 Å². The third-order valence-electron chi connectivity index (χ3n) is 5.33. The van der Waals surface area contributed by atoms with Crippen molar-refractivity contribution in [1.82, 2.24) is 4.90 Å². The van der Waals surface area contributed by atoms with Crippen LogP contribution in [-0.2, 0) is 16.0 Å². The van der Waals surface area contributed by atoms with Gasteiger partial charge in [-0.1, -0.05) is 42.5 Å². The highest BCUT2D eigenvalue weighted by Gasteiger charge is 2.27. The van der Waals surface area contributed by atoms with Gasteiger partial charge in [0, 0.05) is 25.4 Å². The summed E-state index contributed by atoms with van der Waals surface area (Å²) < 4.78 is 0. The average Bonchev–Trinajstić information content (AvgIpc) is 2.74. The zero-order valence-corrected chi connectivity index (χ0v) is 16.5. The molecule has 0 aliphatic carbocycles. The zero-order chi connectivity index (χ0) is 20.6. The van der Waals surface area contributed by atoms with E-state index in [9.17, 15) is 14.4 Å². The van der Waals surface area contributed by atoms with Crippen molar-refractivity contribution in [2.45, 2.75) is 32.1 Å². The van der Waals surface area contributed by atoms with E-state index >= 15 is 0 Å². The van der Waals surface area contributed by atoms with E-state index in [0.717, 1.165) is 12.8 Å². The van der Waals surface area contributed by atoms with Crippen LogP contribution in [0.3, 0.4) is 0 Å². The van der Waals surface area contributed by atoms with Crippen molar-refractivity contribution in [1.29, 1.82) is 0 Å². The van der Waals surface area contributed by atoms with Crippen molar-refractivity contribution in [2.24, 2.45) is 11.7 Å². The molecule has 3 amide bonds. The second-order valence-corrected chi connectivity index (χ2v) is 7.40. The van der Waals surface area contributed by atoms with E-state index in [-0.39, 0.29) is 23.6 Å². The number of anilines is 1. The number of rotatable bonds is 7. The monoisotopic (exact) mass is 393 g/mol. The smallest absolute Gasteiger partial charge is 0.255 e. The number of nitrogens with one attached hydrogen (secondary N) is 1. The molecule has 0 bridgehead atoms. The van der Waals surface area contributed by atoms with Crippen molar-refractivity contribution in [3.63, 3.8) is 0 Å². The molecule has 1 saturated heterocycles. The van der Waals surface area contributed by atoms with Gasteiger partial charge in [-0.15, -0.1) is 0 Å². The van der Waals surface area contributed by atoms with Crippen molar-refractivity contribution in [3.8, 4) is 0 Å². The predicted octanol–water partition coefficient (Wildman–Crippen LogP) is 2.99. The fraction of sp³-hybridized carbons (Fsp3) is 0.348. The molecule has 0 aromatic heterocycles. The minimum absolute atomic E-state index is 0.103. The van der Waals surface area contributed by atoms with Crippen LogP contribution in [-0.4, -0.2) is 35.7 Å². The Hall–Kier alpha value is -3.15. The van der Waals surface area contributed by atoms with Gasteiger partial charge in [0.05, 0.1) is 11.3 Å². The molecule has 3 rings (SSSR count). The maximum atomic E-state index is 12.9. The Balaban J connectivity index is 1.56. The quantitative estimate of drug-likeness (QED) is 0.757. The minimum Gasteiger partial charge on any atom is -0.369 e. The molecule has 0 unspecified atom stereocenters. The molecule has 29 heavy (non-hydrogen) atoms. The number of likely N-dealkylation sites (tertiary alicyclic amines) is 1.